The minimum Gasteiger partial charge on any atom is -0.387 e. The van der Waals surface area contributed by atoms with Crippen molar-refractivity contribution in [2.24, 2.45) is 5.92 Å². The van der Waals surface area contributed by atoms with Gasteiger partial charge in [-0.05, 0) is 6.92 Å². The Balaban J connectivity index is 1.47. The molecule has 2 amide bonds. The van der Waals surface area contributed by atoms with Crippen LogP contribution in [-0.4, -0.2) is 259 Å². The number of nitrogens with one attached hydrogen (secondary N) is 2. The number of rotatable bonds is 40. The molecule has 0 aromatic carbocycles. The second kappa shape index (κ2) is 36.0. The first-order valence-electron chi connectivity index (χ1n) is 21.9. The SMILES string of the molecule is COCC1OC(OCCOCCOCCNC(=O)CCOCC(COCCC(C)=O)COCCC(=O)NCCOCCOCCOC2OC(COP(=O)(O)O)C(O)C(O)C2O)C(O)C(O)C1O. The average Bonchev–Trinajstić information content (AvgIpc) is 3.28. The average molecular weight is 1000 g/mol. The molecule has 2 fully saturated rings. The quantitative estimate of drug-likeness (QED) is 0.0203. The van der Waals surface area contributed by atoms with Gasteiger partial charge >= 0.3 is 7.82 Å². The predicted molar refractivity (Wildman–Crippen MR) is 225 cm³/mol. The number of hydrogen-bond acceptors (Lipinski definition) is 23. The Morgan fingerprint density at radius 3 is 1.31 bits per heavy atom. The third-order valence-electron chi connectivity index (χ3n) is 9.58. The maximum Gasteiger partial charge on any atom is 0.469 e. The highest BCUT2D eigenvalue weighted by molar-refractivity contribution is 7.46. The zero-order valence-corrected chi connectivity index (χ0v) is 39.0. The molecule has 0 aromatic rings. The number of phosphoric acid groups is 1. The largest absolute Gasteiger partial charge is 0.469 e. The molecule has 0 saturated carbocycles. The number of aliphatic hydroxyl groups is 6. The van der Waals surface area contributed by atoms with E-state index in [1.54, 1.807) is 0 Å². The lowest BCUT2D eigenvalue weighted by Gasteiger charge is -2.40. The third-order valence-corrected chi connectivity index (χ3v) is 10.1. The maximum absolute atomic E-state index is 12.3. The number of carbonyl (C=O) groups is 3. The van der Waals surface area contributed by atoms with Gasteiger partial charge in [-0.2, -0.15) is 0 Å². The molecule has 28 heteroatoms. The number of ether oxygens (including phenoxy) is 12. The summed E-state index contributed by atoms with van der Waals surface area (Å²) in [5.41, 5.74) is 0. The van der Waals surface area contributed by atoms with Crippen LogP contribution in [0.15, 0.2) is 0 Å². The second-order valence-electron chi connectivity index (χ2n) is 15.2. The fraction of sp³-hybridized carbons (Fsp3) is 0.923. The summed E-state index contributed by atoms with van der Waals surface area (Å²) in [4.78, 5) is 53.5. The molecule has 2 saturated heterocycles. The van der Waals surface area contributed by atoms with Gasteiger partial charge in [0.25, 0.3) is 0 Å². The molecule has 67 heavy (non-hydrogen) atoms. The number of aliphatic hydroxyl groups excluding tert-OH is 6. The normalized spacial score (nSPS) is 26.1. The Hall–Kier alpha value is -2.00. The van der Waals surface area contributed by atoms with Gasteiger partial charge in [0.2, 0.25) is 11.8 Å². The molecule has 0 aromatic heterocycles. The van der Waals surface area contributed by atoms with Gasteiger partial charge in [0.1, 0.15) is 54.6 Å². The van der Waals surface area contributed by atoms with E-state index in [2.05, 4.69) is 15.2 Å². The highest BCUT2D eigenvalue weighted by Crippen LogP contribution is 2.37. The Morgan fingerprint density at radius 1 is 0.522 bits per heavy atom. The number of Topliss-reactive ketones (excluding diaryl/α,β-unsaturated/α-hetero) is 1. The van der Waals surface area contributed by atoms with E-state index in [1.165, 1.54) is 14.0 Å². The molecule has 2 aliphatic rings. The van der Waals surface area contributed by atoms with E-state index >= 15 is 0 Å². The van der Waals surface area contributed by atoms with Gasteiger partial charge in [-0.3, -0.25) is 18.9 Å². The Morgan fingerprint density at radius 2 is 0.910 bits per heavy atom. The predicted octanol–water partition coefficient (Wildman–Crippen LogP) is -4.89. The number of hydrogen-bond donors (Lipinski definition) is 10. The Labute approximate surface area is 389 Å². The van der Waals surface area contributed by atoms with Gasteiger partial charge in [0.05, 0.1) is 119 Å². The Bertz CT molecular complexity index is 1370. The molecule has 0 bridgehead atoms. The summed E-state index contributed by atoms with van der Waals surface area (Å²) in [6.45, 7) is 3.81. The van der Waals surface area contributed by atoms with Crippen LogP contribution in [0.5, 0.6) is 0 Å². The first-order chi connectivity index (χ1) is 32.0. The molecule has 11 atom stereocenters. The van der Waals surface area contributed by atoms with E-state index < -0.39 is 75.8 Å². The van der Waals surface area contributed by atoms with E-state index in [-0.39, 0.29) is 168 Å². The lowest BCUT2D eigenvalue weighted by molar-refractivity contribution is -0.303. The lowest BCUT2D eigenvalue weighted by Crippen LogP contribution is -2.59. The number of methoxy groups -OCH3 is 1. The molecule has 2 rings (SSSR count). The van der Waals surface area contributed by atoms with Crippen LogP contribution in [0.4, 0.5) is 0 Å². The molecule has 0 radical (unpaired) electrons. The van der Waals surface area contributed by atoms with Gasteiger partial charge in [-0.15, -0.1) is 0 Å². The summed E-state index contributed by atoms with van der Waals surface area (Å²) in [7, 11) is -3.45. The van der Waals surface area contributed by atoms with E-state index in [0.29, 0.717) is 0 Å². The van der Waals surface area contributed by atoms with Crippen molar-refractivity contribution in [3.63, 3.8) is 0 Å². The monoisotopic (exact) mass is 1000 g/mol. The molecular formula is C39H73N2O25P. The minimum atomic E-state index is -4.87. The van der Waals surface area contributed by atoms with Crippen molar-refractivity contribution in [2.45, 2.75) is 87.6 Å². The smallest absolute Gasteiger partial charge is 0.387 e. The summed E-state index contributed by atoms with van der Waals surface area (Å²) >= 11 is 0. The molecule has 2 heterocycles. The van der Waals surface area contributed by atoms with Gasteiger partial charge < -0.3 is 108 Å². The summed E-state index contributed by atoms with van der Waals surface area (Å²) < 4.78 is 80.4. The van der Waals surface area contributed by atoms with Crippen LogP contribution in [0.1, 0.15) is 26.2 Å². The first-order valence-corrected chi connectivity index (χ1v) is 23.5. The summed E-state index contributed by atoms with van der Waals surface area (Å²) in [6.07, 6.45) is -13.6. The van der Waals surface area contributed by atoms with E-state index in [4.69, 9.17) is 66.6 Å². The van der Waals surface area contributed by atoms with Crippen LogP contribution in [-0.2, 0) is 80.3 Å². The molecule has 394 valence electrons. The first kappa shape index (κ1) is 61.1. The van der Waals surface area contributed by atoms with E-state index in [1.807, 2.05) is 0 Å². The van der Waals surface area contributed by atoms with Crippen LogP contribution >= 0.6 is 7.82 Å². The molecule has 0 spiro atoms. The van der Waals surface area contributed by atoms with Crippen molar-refractivity contribution in [1.82, 2.24) is 10.6 Å². The molecule has 10 N–H and O–H groups in total. The fourth-order valence-corrected chi connectivity index (χ4v) is 6.29. The number of amides is 2. The molecule has 11 unspecified atom stereocenters. The van der Waals surface area contributed by atoms with Crippen LogP contribution in [0.3, 0.4) is 0 Å². The molecular weight excluding hydrogens is 927 g/mol. The van der Waals surface area contributed by atoms with Gasteiger partial charge in [-0.1, -0.05) is 0 Å². The second-order valence-corrected chi connectivity index (χ2v) is 16.4. The summed E-state index contributed by atoms with van der Waals surface area (Å²) in [5.74, 6) is -0.735. The van der Waals surface area contributed by atoms with Crippen molar-refractivity contribution < 1.29 is 121 Å². The zero-order chi connectivity index (χ0) is 49.5. The van der Waals surface area contributed by atoms with Crippen LogP contribution in [0.25, 0.3) is 0 Å². The van der Waals surface area contributed by atoms with E-state index in [9.17, 15) is 49.6 Å². The van der Waals surface area contributed by atoms with Crippen molar-refractivity contribution in [3.05, 3.63) is 0 Å². The highest BCUT2D eigenvalue weighted by atomic mass is 31.2. The maximum atomic E-state index is 12.3. The van der Waals surface area contributed by atoms with Crippen molar-refractivity contribution in [2.75, 3.05) is 139 Å². The number of carbonyl (C=O) groups excluding carboxylic acids is 3. The van der Waals surface area contributed by atoms with Gasteiger partial charge in [0.15, 0.2) is 12.6 Å². The number of phosphoric ester groups is 1. The topological polar surface area (TPSA) is 374 Å². The lowest BCUT2D eigenvalue weighted by atomic mass is 9.99. The van der Waals surface area contributed by atoms with Crippen LogP contribution < -0.4 is 10.6 Å². The van der Waals surface area contributed by atoms with Gasteiger partial charge in [-0.25, -0.2) is 4.57 Å². The molecule has 27 nitrogen and oxygen atoms in total. The van der Waals surface area contributed by atoms with Crippen LogP contribution in [0, 0.1) is 5.92 Å². The summed E-state index contributed by atoms with van der Waals surface area (Å²) in [5, 5.41) is 65.6. The van der Waals surface area contributed by atoms with Crippen molar-refractivity contribution in [3.8, 4) is 0 Å². The van der Waals surface area contributed by atoms with Crippen molar-refractivity contribution in [1.29, 1.82) is 0 Å². The number of ketones is 1. The van der Waals surface area contributed by atoms with Crippen LogP contribution in [0.2, 0.25) is 0 Å². The highest BCUT2D eigenvalue weighted by Gasteiger charge is 2.46. The Kier molecular flexibility index (Phi) is 32.8. The molecule has 0 aliphatic carbocycles. The van der Waals surface area contributed by atoms with Crippen molar-refractivity contribution >= 4 is 25.4 Å². The van der Waals surface area contributed by atoms with E-state index in [0.717, 1.165) is 0 Å². The third kappa shape index (κ3) is 27.8. The zero-order valence-electron chi connectivity index (χ0n) is 38.1. The summed E-state index contributed by atoms with van der Waals surface area (Å²) in [6, 6.07) is 0. The standard InChI is InChI=1S/C39H73N2O25P/c1-26(42)3-8-59-21-27(22-60-9-4-30(43)40-6-11-55-13-15-57-17-19-62-38-36(49)34(47)32(45)28(65-38)24-54-2)23-61-10-5-31(44)41-7-12-56-14-16-58-18-20-63-39-37(50)35(48)33(46)29(66-39)25-64-67(51,52)53/h27-29,32-39,45-50H,3-25H2,1-2H3,(H,40,43)(H,41,44)(H2,51,52,53). The minimum absolute atomic E-state index is 0.00987. The van der Waals surface area contributed by atoms with Gasteiger partial charge in [0, 0.05) is 45.4 Å². The fourth-order valence-electron chi connectivity index (χ4n) is 5.95. The molecule has 2 aliphatic heterocycles.